The van der Waals surface area contributed by atoms with Crippen LogP contribution < -0.4 is 4.90 Å². The van der Waals surface area contributed by atoms with Crippen LogP contribution in [0.15, 0.2) is 273 Å². The summed E-state index contributed by atoms with van der Waals surface area (Å²) < 4.78 is 0. The van der Waals surface area contributed by atoms with Gasteiger partial charge in [0.2, 0.25) is 0 Å². The third kappa shape index (κ3) is 6.78. The van der Waals surface area contributed by atoms with Gasteiger partial charge in [-0.3, -0.25) is 0 Å². The maximum absolute atomic E-state index is 2.46. The van der Waals surface area contributed by atoms with Crippen molar-refractivity contribution in [1.82, 2.24) is 0 Å². The van der Waals surface area contributed by atoms with Crippen LogP contribution in [0.1, 0.15) is 0 Å². The minimum Gasteiger partial charge on any atom is -0.309 e. The fourth-order valence-corrected chi connectivity index (χ4v) is 11.5. The molecule has 14 rings (SSSR count). The predicted octanol–water partition coefficient (Wildman–Crippen LogP) is 19.9. The first kappa shape index (κ1) is 40.7. The zero-order valence-electron chi connectivity index (χ0n) is 38.9. The second kappa shape index (κ2) is 16.7. The molecule has 71 heavy (non-hydrogen) atoms. The molecule has 0 aromatic heterocycles. The van der Waals surface area contributed by atoms with E-state index in [4.69, 9.17) is 0 Å². The topological polar surface area (TPSA) is 3.24 Å². The smallest absolute Gasteiger partial charge is 0.0618 e. The van der Waals surface area contributed by atoms with E-state index in [1.54, 1.807) is 0 Å². The molecule has 0 N–H and O–H groups in total. The van der Waals surface area contributed by atoms with E-state index in [0.717, 1.165) is 22.6 Å². The number of anilines is 3. The number of hydrogen-bond donors (Lipinski definition) is 0. The highest BCUT2D eigenvalue weighted by molar-refractivity contribution is 6.25. The van der Waals surface area contributed by atoms with Crippen molar-refractivity contribution in [3.05, 3.63) is 273 Å². The van der Waals surface area contributed by atoms with Crippen LogP contribution in [0, 0.1) is 0 Å². The van der Waals surface area contributed by atoms with Gasteiger partial charge in [0.15, 0.2) is 0 Å². The number of para-hydroxylation sites is 1. The first-order valence-corrected chi connectivity index (χ1v) is 24.6. The molecule has 0 unspecified atom stereocenters. The molecule has 330 valence electrons. The summed E-state index contributed by atoms with van der Waals surface area (Å²) >= 11 is 0. The lowest BCUT2D eigenvalue weighted by atomic mass is 9.84. The predicted molar refractivity (Wildman–Crippen MR) is 305 cm³/mol. The summed E-state index contributed by atoms with van der Waals surface area (Å²) in [5.74, 6) is 0. The molecule has 14 aromatic rings. The van der Waals surface area contributed by atoms with Crippen LogP contribution in [0.3, 0.4) is 0 Å². The first-order chi connectivity index (χ1) is 35.2. The lowest BCUT2D eigenvalue weighted by Crippen LogP contribution is -2.11. The highest BCUT2D eigenvalue weighted by Crippen LogP contribution is 2.50. The fourth-order valence-electron chi connectivity index (χ4n) is 11.5. The van der Waals surface area contributed by atoms with E-state index in [1.807, 2.05) is 0 Å². The standard InChI is InChI=1S/C70H45N/c1-2-23-55(24-3-1)71(70-64-30-14-12-28-61(64)69(62-29-13-15-31-65(62)70)58-32-16-22-49-19-8-9-25-57(49)58)56-40-37-48(38-41-56)52-39-42-63-66(45-52)68(54-36-34-47-18-5-7-21-51(47)44-54)60-27-11-10-26-59(60)67(63)53-35-33-46-17-4-6-20-50(46)43-53/h1-45H. The zero-order valence-corrected chi connectivity index (χ0v) is 38.9. The number of benzene rings is 14. The molecular weight excluding hydrogens is 855 g/mol. The molecule has 1 heteroatoms. The van der Waals surface area contributed by atoms with E-state index in [1.165, 1.54) is 114 Å². The Morgan fingerprint density at radius 2 is 0.606 bits per heavy atom. The summed E-state index contributed by atoms with van der Waals surface area (Å²) in [6.45, 7) is 0. The van der Waals surface area contributed by atoms with Crippen molar-refractivity contribution in [1.29, 1.82) is 0 Å². The van der Waals surface area contributed by atoms with E-state index in [2.05, 4.69) is 278 Å². The Labute approximate surface area is 412 Å². The molecule has 0 amide bonds. The van der Waals surface area contributed by atoms with Crippen molar-refractivity contribution in [3.63, 3.8) is 0 Å². The van der Waals surface area contributed by atoms with E-state index in [-0.39, 0.29) is 0 Å². The number of hydrogen-bond acceptors (Lipinski definition) is 1. The van der Waals surface area contributed by atoms with Gasteiger partial charge in [-0.2, -0.15) is 0 Å². The molecule has 0 aliphatic heterocycles. The maximum Gasteiger partial charge on any atom is 0.0618 e. The number of nitrogens with zero attached hydrogens (tertiary/aromatic N) is 1. The fraction of sp³-hybridized carbons (Fsp3) is 0. The molecule has 0 atom stereocenters. The molecule has 0 aliphatic carbocycles. The van der Waals surface area contributed by atoms with Gasteiger partial charge in [0.1, 0.15) is 0 Å². The van der Waals surface area contributed by atoms with Crippen molar-refractivity contribution in [2.24, 2.45) is 0 Å². The Hall–Kier alpha value is -9.30. The lowest BCUT2D eigenvalue weighted by Gasteiger charge is -2.30. The molecule has 1 nitrogen and oxygen atoms in total. The monoisotopic (exact) mass is 899 g/mol. The molecule has 0 saturated carbocycles. The van der Waals surface area contributed by atoms with Crippen molar-refractivity contribution in [2.75, 3.05) is 4.90 Å². The van der Waals surface area contributed by atoms with Crippen LogP contribution in [0.2, 0.25) is 0 Å². The Kier molecular flexibility index (Phi) is 9.60. The summed E-state index contributed by atoms with van der Waals surface area (Å²) in [5, 5.41) is 17.3. The second-order valence-electron chi connectivity index (χ2n) is 18.7. The van der Waals surface area contributed by atoms with E-state index >= 15 is 0 Å². The molecule has 0 spiro atoms. The Morgan fingerprint density at radius 3 is 1.20 bits per heavy atom. The van der Waals surface area contributed by atoms with Gasteiger partial charge in [0.05, 0.1) is 5.69 Å². The lowest BCUT2D eigenvalue weighted by molar-refractivity contribution is 1.31. The average molecular weight is 900 g/mol. The highest BCUT2D eigenvalue weighted by Gasteiger charge is 2.24. The quantitative estimate of drug-likeness (QED) is 0.144. The molecule has 0 heterocycles. The molecule has 14 aromatic carbocycles. The largest absolute Gasteiger partial charge is 0.309 e. The van der Waals surface area contributed by atoms with Gasteiger partial charge in [0.25, 0.3) is 0 Å². The Bertz CT molecular complexity index is 4330. The third-order valence-corrected chi connectivity index (χ3v) is 14.8. The summed E-state index contributed by atoms with van der Waals surface area (Å²) in [6, 6.07) is 101. The minimum absolute atomic E-state index is 1.09. The second-order valence-corrected chi connectivity index (χ2v) is 18.7. The van der Waals surface area contributed by atoms with Gasteiger partial charge in [-0.1, -0.05) is 231 Å². The highest BCUT2D eigenvalue weighted by atomic mass is 15.1. The van der Waals surface area contributed by atoms with Crippen molar-refractivity contribution >= 4 is 92.5 Å². The Morgan fingerprint density at radius 1 is 0.197 bits per heavy atom. The van der Waals surface area contributed by atoms with Crippen molar-refractivity contribution in [2.45, 2.75) is 0 Å². The van der Waals surface area contributed by atoms with E-state index in [9.17, 15) is 0 Å². The number of fused-ring (bicyclic) bond motifs is 7. The van der Waals surface area contributed by atoms with Gasteiger partial charge < -0.3 is 4.90 Å². The van der Waals surface area contributed by atoms with Crippen LogP contribution in [-0.2, 0) is 0 Å². The molecular formula is C70H45N. The summed E-state index contributed by atoms with van der Waals surface area (Å²) in [5.41, 5.74) is 13.2. The summed E-state index contributed by atoms with van der Waals surface area (Å²) in [4.78, 5) is 2.46. The number of rotatable bonds is 7. The molecule has 0 radical (unpaired) electrons. The van der Waals surface area contributed by atoms with Crippen LogP contribution >= 0.6 is 0 Å². The zero-order chi connectivity index (χ0) is 46.8. The van der Waals surface area contributed by atoms with Gasteiger partial charge in [-0.25, -0.2) is 0 Å². The van der Waals surface area contributed by atoms with Crippen LogP contribution in [-0.4, -0.2) is 0 Å². The SMILES string of the molecule is c1ccc(N(c2ccc(-c3ccc4c(-c5ccc6ccccc6c5)c5ccccc5c(-c5ccc6ccccc6c5)c4c3)cc2)c2c3ccccc3c(-c3cccc4ccccc34)c3ccccc23)cc1. The van der Waals surface area contributed by atoms with Crippen molar-refractivity contribution in [3.8, 4) is 44.5 Å². The van der Waals surface area contributed by atoms with Crippen LogP contribution in [0.25, 0.3) is 120 Å². The van der Waals surface area contributed by atoms with E-state index < -0.39 is 0 Å². The molecule has 0 saturated heterocycles. The minimum atomic E-state index is 1.09. The van der Waals surface area contributed by atoms with Gasteiger partial charge >= 0.3 is 0 Å². The molecule has 0 bridgehead atoms. The van der Waals surface area contributed by atoms with Gasteiger partial charge in [0, 0.05) is 22.1 Å². The molecule has 0 fully saturated rings. The summed E-state index contributed by atoms with van der Waals surface area (Å²) in [7, 11) is 0. The van der Waals surface area contributed by atoms with Crippen LogP contribution in [0.5, 0.6) is 0 Å². The van der Waals surface area contributed by atoms with E-state index in [0.29, 0.717) is 0 Å². The maximum atomic E-state index is 2.46. The average Bonchev–Trinajstić information content (AvgIpc) is 3.44. The Balaban J connectivity index is 0.970. The van der Waals surface area contributed by atoms with Crippen molar-refractivity contribution < 1.29 is 0 Å². The third-order valence-electron chi connectivity index (χ3n) is 14.8. The van der Waals surface area contributed by atoms with Gasteiger partial charge in [-0.15, -0.1) is 0 Å². The normalized spacial score (nSPS) is 11.7. The van der Waals surface area contributed by atoms with Crippen LogP contribution in [0.4, 0.5) is 17.1 Å². The van der Waals surface area contributed by atoms with Gasteiger partial charge in [-0.05, 0) is 152 Å². The summed E-state index contributed by atoms with van der Waals surface area (Å²) in [6.07, 6.45) is 0. The molecule has 0 aliphatic rings. The first-order valence-electron chi connectivity index (χ1n) is 24.6.